The zero-order valence-corrected chi connectivity index (χ0v) is 17.0. The summed E-state index contributed by atoms with van der Waals surface area (Å²) in [4.78, 5) is 2.60. The van der Waals surface area contributed by atoms with E-state index >= 15 is 0 Å². The van der Waals surface area contributed by atoms with Gasteiger partial charge < -0.3 is 5.32 Å². The minimum absolute atomic E-state index is 0. The van der Waals surface area contributed by atoms with Gasteiger partial charge in [0.1, 0.15) is 0 Å². The van der Waals surface area contributed by atoms with Gasteiger partial charge in [-0.05, 0) is 23.1 Å². The van der Waals surface area contributed by atoms with E-state index in [1.807, 2.05) is 12.1 Å². The van der Waals surface area contributed by atoms with Gasteiger partial charge in [-0.3, -0.25) is 4.90 Å². The first-order chi connectivity index (χ1) is 10.3. The standard InChI is InChI=1S/C16H27N3O2S.2ClH/c1-16(2,3)14-4-6-15(7-5-14)22(20,21)18-10-13-19-11-8-17-9-12-19;;/h4-7,17-18H,8-13H2,1-3H3;2*1H. The fourth-order valence-electron chi connectivity index (χ4n) is 2.49. The van der Waals surface area contributed by atoms with Crippen molar-refractivity contribution in [3.05, 3.63) is 29.8 Å². The largest absolute Gasteiger partial charge is 0.314 e. The maximum Gasteiger partial charge on any atom is 0.240 e. The predicted octanol–water partition coefficient (Wildman–Crippen LogP) is 2.01. The first kappa shape index (κ1) is 23.6. The molecule has 0 saturated carbocycles. The molecule has 0 radical (unpaired) electrons. The summed E-state index contributed by atoms with van der Waals surface area (Å²) in [6.07, 6.45) is 0. The molecule has 0 aliphatic carbocycles. The SMILES string of the molecule is CC(C)(C)c1ccc(S(=O)(=O)NCCN2CCNCC2)cc1.Cl.Cl. The molecule has 24 heavy (non-hydrogen) atoms. The number of piperazine rings is 1. The summed E-state index contributed by atoms with van der Waals surface area (Å²) in [7, 11) is -3.42. The highest BCUT2D eigenvalue weighted by Gasteiger charge is 2.18. The highest BCUT2D eigenvalue weighted by atomic mass is 35.5. The number of nitrogens with one attached hydrogen (secondary N) is 2. The van der Waals surface area contributed by atoms with E-state index in [4.69, 9.17) is 0 Å². The van der Waals surface area contributed by atoms with Gasteiger partial charge in [0, 0.05) is 39.3 Å². The highest BCUT2D eigenvalue weighted by molar-refractivity contribution is 7.89. The van der Waals surface area contributed by atoms with Gasteiger partial charge in [-0.25, -0.2) is 13.1 Å². The number of benzene rings is 1. The first-order valence-corrected chi connectivity index (χ1v) is 9.31. The van der Waals surface area contributed by atoms with Crippen molar-refractivity contribution in [1.29, 1.82) is 0 Å². The summed E-state index contributed by atoms with van der Waals surface area (Å²) in [5.41, 5.74) is 1.16. The quantitative estimate of drug-likeness (QED) is 0.797. The Morgan fingerprint density at radius 3 is 2.12 bits per heavy atom. The molecule has 1 aromatic carbocycles. The molecule has 0 aromatic heterocycles. The van der Waals surface area contributed by atoms with Crippen LogP contribution in [0.2, 0.25) is 0 Å². The molecular weight excluding hydrogens is 369 g/mol. The average molecular weight is 398 g/mol. The lowest BCUT2D eigenvalue weighted by Gasteiger charge is -2.27. The van der Waals surface area contributed by atoms with Gasteiger partial charge in [0.15, 0.2) is 0 Å². The Morgan fingerprint density at radius 2 is 1.62 bits per heavy atom. The molecule has 0 spiro atoms. The molecule has 1 aliphatic rings. The van der Waals surface area contributed by atoms with Gasteiger partial charge >= 0.3 is 0 Å². The van der Waals surface area contributed by atoms with E-state index in [0.717, 1.165) is 38.3 Å². The van der Waals surface area contributed by atoms with Gasteiger partial charge in [-0.15, -0.1) is 24.8 Å². The lowest BCUT2D eigenvalue weighted by atomic mass is 9.87. The van der Waals surface area contributed by atoms with Crippen LogP contribution in [-0.2, 0) is 15.4 Å². The number of hydrogen-bond donors (Lipinski definition) is 2. The molecule has 0 atom stereocenters. The van der Waals surface area contributed by atoms with Crippen molar-refractivity contribution >= 4 is 34.8 Å². The zero-order chi connectivity index (χ0) is 16.2. The normalized spacial score (nSPS) is 16.1. The maximum absolute atomic E-state index is 12.3. The Bertz CT molecular complexity index is 580. The Morgan fingerprint density at radius 1 is 1.08 bits per heavy atom. The Kier molecular flexibility index (Phi) is 9.79. The number of halogens is 2. The fourth-order valence-corrected chi connectivity index (χ4v) is 3.51. The molecule has 5 nitrogen and oxygen atoms in total. The van der Waals surface area contributed by atoms with Crippen LogP contribution in [0.4, 0.5) is 0 Å². The topological polar surface area (TPSA) is 61.4 Å². The van der Waals surface area contributed by atoms with Crippen LogP contribution in [0.25, 0.3) is 0 Å². The molecule has 1 heterocycles. The fraction of sp³-hybridized carbons (Fsp3) is 0.625. The lowest BCUT2D eigenvalue weighted by Crippen LogP contribution is -2.46. The number of hydrogen-bond acceptors (Lipinski definition) is 4. The second-order valence-corrected chi connectivity index (χ2v) is 8.53. The molecule has 0 amide bonds. The van der Waals surface area contributed by atoms with Gasteiger partial charge in [-0.2, -0.15) is 0 Å². The molecule has 0 unspecified atom stereocenters. The number of nitrogens with zero attached hydrogens (tertiary/aromatic N) is 1. The molecule has 1 fully saturated rings. The van der Waals surface area contributed by atoms with E-state index in [-0.39, 0.29) is 30.2 Å². The second-order valence-electron chi connectivity index (χ2n) is 6.76. The van der Waals surface area contributed by atoms with Crippen LogP contribution < -0.4 is 10.0 Å². The molecule has 1 saturated heterocycles. The van der Waals surface area contributed by atoms with E-state index in [0.29, 0.717) is 11.4 Å². The van der Waals surface area contributed by atoms with Crippen molar-refractivity contribution in [1.82, 2.24) is 14.9 Å². The summed E-state index contributed by atoms with van der Waals surface area (Å²) in [6, 6.07) is 7.16. The van der Waals surface area contributed by atoms with Crippen LogP contribution in [0.1, 0.15) is 26.3 Å². The molecule has 8 heteroatoms. The van der Waals surface area contributed by atoms with Gasteiger partial charge in [-0.1, -0.05) is 32.9 Å². The first-order valence-electron chi connectivity index (χ1n) is 7.82. The lowest BCUT2D eigenvalue weighted by molar-refractivity contribution is 0.245. The molecule has 1 aliphatic heterocycles. The molecule has 0 bridgehead atoms. The van der Waals surface area contributed by atoms with E-state index in [1.165, 1.54) is 0 Å². The van der Waals surface area contributed by atoms with Crippen LogP contribution in [0.5, 0.6) is 0 Å². The summed E-state index contributed by atoms with van der Waals surface area (Å²) in [5.74, 6) is 0. The monoisotopic (exact) mass is 397 g/mol. The third-order valence-corrected chi connectivity index (χ3v) is 5.44. The smallest absolute Gasteiger partial charge is 0.240 e. The van der Waals surface area contributed by atoms with Crippen molar-refractivity contribution < 1.29 is 8.42 Å². The second kappa shape index (κ2) is 9.94. The summed E-state index contributed by atoms with van der Waals surface area (Å²) >= 11 is 0. The average Bonchev–Trinajstić information content (AvgIpc) is 2.47. The van der Waals surface area contributed by atoms with Crippen LogP contribution in [0.15, 0.2) is 29.2 Å². The summed E-state index contributed by atoms with van der Waals surface area (Å²) < 4.78 is 27.3. The van der Waals surface area contributed by atoms with Crippen LogP contribution in [-0.4, -0.2) is 52.6 Å². The van der Waals surface area contributed by atoms with Crippen molar-refractivity contribution in [3.8, 4) is 0 Å². The minimum atomic E-state index is -3.42. The van der Waals surface area contributed by atoms with Crippen molar-refractivity contribution in [2.75, 3.05) is 39.3 Å². The summed E-state index contributed by atoms with van der Waals surface area (Å²) in [5, 5.41) is 3.28. The van der Waals surface area contributed by atoms with Crippen LogP contribution in [0, 0.1) is 0 Å². The van der Waals surface area contributed by atoms with Gasteiger partial charge in [0.05, 0.1) is 4.90 Å². The van der Waals surface area contributed by atoms with E-state index in [9.17, 15) is 8.42 Å². The van der Waals surface area contributed by atoms with Gasteiger partial charge in [0.25, 0.3) is 0 Å². The van der Waals surface area contributed by atoms with Crippen LogP contribution in [0.3, 0.4) is 0 Å². The number of rotatable bonds is 5. The van der Waals surface area contributed by atoms with Crippen LogP contribution >= 0.6 is 24.8 Å². The van der Waals surface area contributed by atoms with Gasteiger partial charge in [0.2, 0.25) is 10.0 Å². The third-order valence-electron chi connectivity index (χ3n) is 3.96. The minimum Gasteiger partial charge on any atom is -0.314 e. The van der Waals surface area contributed by atoms with E-state index in [1.54, 1.807) is 12.1 Å². The molecular formula is C16H29Cl2N3O2S. The van der Waals surface area contributed by atoms with E-state index in [2.05, 4.69) is 35.7 Å². The molecule has 2 rings (SSSR count). The van der Waals surface area contributed by atoms with E-state index < -0.39 is 10.0 Å². The molecule has 1 aromatic rings. The Labute approximate surface area is 158 Å². The maximum atomic E-state index is 12.3. The molecule has 140 valence electrons. The molecule has 2 N–H and O–H groups in total. The zero-order valence-electron chi connectivity index (χ0n) is 14.5. The Hall–Kier alpha value is -0.370. The predicted molar refractivity (Wildman–Crippen MR) is 104 cm³/mol. The Balaban J connectivity index is 0.00000264. The van der Waals surface area contributed by atoms with Crippen molar-refractivity contribution in [3.63, 3.8) is 0 Å². The van der Waals surface area contributed by atoms with Crippen molar-refractivity contribution in [2.24, 2.45) is 0 Å². The number of sulfonamides is 1. The highest BCUT2D eigenvalue weighted by Crippen LogP contribution is 2.23. The third kappa shape index (κ3) is 6.86. The van der Waals surface area contributed by atoms with Crippen molar-refractivity contribution in [2.45, 2.75) is 31.1 Å². The summed E-state index contributed by atoms with van der Waals surface area (Å²) in [6.45, 7) is 11.4.